The second kappa shape index (κ2) is 5.96. The van der Waals surface area contributed by atoms with Gasteiger partial charge in [0.2, 0.25) is 0 Å². The molecule has 0 aromatic carbocycles. The Morgan fingerprint density at radius 3 is 2.29 bits per heavy atom. The van der Waals surface area contributed by atoms with E-state index in [2.05, 4.69) is 46.9 Å². The van der Waals surface area contributed by atoms with E-state index in [1.807, 2.05) is 11.3 Å². The summed E-state index contributed by atoms with van der Waals surface area (Å²) in [5, 5.41) is 5.02. The fourth-order valence-corrected chi connectivity index (χ4v) is 3.49. The van der Waals surface area contributed by atoms with Crippen LogP contribution in [0, 0.1) is 13.8 Å². The summed E-state index contributed by atoms with van der Waals surface area (Å²) in [5.74, 6) is 0. The molecule has 17 heavy (non-hydrogen) atoms. The van der Waals surface area contributed by atoms with Crippen LogP contribution >= 0.6 is 11.3 Å². The molecular formula is C14H26N2S. The van der Waals surface area contributed by atoms with E-state index in [9.17, 15) is 0 Å². The topological polar surface area (TPSA) is 24.9 Å². The van der Waals surface area contributed by atoms with Crippen LogP contribution in [0.5, 0.6) is 0 Å². The van der Waals surface area contributed by atoms with Crippen LogP contribution in [0.4, 0.5) is 0 Å². The van der Waals surface area contributed by atoms with Crippen molar-refractivity contribution in [2.75, 3.05) is 0 Å². The van der Waals surface area contributed by atoms with Crippen molar-refractivity contribution in [3.8, 4) is 0 Å². The van der Waals surface area contributed by atoms with Crippen molar-refractivity contribution in [3.05, 3.63) is 15.6 Å². The maximum atomic E-state index is 4.78. The van der Waals surface area contributed by atoms with E-state index in [0.717, 1.165) is 12.8 Å². The van der Waals surface area contributed by atoms with Crippen LogP contribution in [0.1, 0.15) is 62.5 Å². The van der Waals surface area contributed by atoms with Gasteiger partial charge in [0.05, 0.1) is 11.2 Å². The standard InChI is InChI=1S/C14H26N2S/c1-7-9-14(8-2,16-10(3)4)13-15-11(5)12(6)17-13/h10,16H,7-9H2,1-6H3. The van der Waals surface area contributed by atoms with Gasteiger partial charge in [-0.2, -0.15) is 0 Å². The van der Waals surface area contributed by atoms with Crippen molar-refractivity contribution in [3.63, 3.8) is 0 Å². The third-order valence-electron chi connectivity index (χ3n) is 3.28. The molecule has 1 unspecified atom stereocenters. The van der Waals surface area contributed by atoms with E-state index in [0.29, 0.717) is 6.04 Å². The Morgan fingerprint density at radius 1 is 1.29 bits per heavy atom. The molecule has 1 heterocycles. The molecule has 0 bridgehead atoms. The van der Waals surface area contributed by atoms with Gasteiger partial charge >= 0.3 is 0 Å². The summed E-state index contributed by atoms with van der Waals surface area (Å²) >= 11 is 1.85. The van der Waals surface area contributed by atoms with E-state index in [1.54, 1.807) is 0 Å². The van der Waals surface area contributed by atoms with Crippen molar-refractivity contribution in [1.82, 2.24) is 10.3 Å². The molecule has 0 aliphatic heterocycles. The lowest BCUT2D eigenvalue weighted by atomic mass is 9.90. The molecule has 1 rings (SSSR count). The maximum absolute atomic E-state index is 4.78. The smallest absolute Gasteiger partial charge is 0.113 e. The van der Waals surface area contributed by atoms with Gasteiger partial charge in [0.1, 0.15) is 5.01 Å². The molecule has 0 radical (unpaired) electrons. The second-order valence-electron chi connectivity index (χ2n) is 5.15. The molecular weight excluding hydrogens is 228 g/mol. The average molecular weight is 254 g/mol. The van der Waals surface area contributed by atoms with Crippen molar-refractivity contribution in [2.45, 2.75) is 72.4 Å². The Balaban J connectivity index is 3.11. The molecule has 1 N–H and O–H groups in total. The Labute approximate surface area is 110 Å². The van der Waals surface area contributed by atoms with Gasteiger partial charge in [-0.05, 0) is 40.5 Å². The van der Waals surface area contributed by atoms with Gasteiger partial charge in [-0.25, -0.2) is 4.98 Å². The van der Waals surface area contributed by atoms with Gasteiger partial charge in [-0.3, -0.25) is 0 Å². The fraction of sp³-hybridized carbons (Fsp3) is 0.786. The van der Waals surface area contributed by atoms with Crippen molar-refractivity contribution in [2.24, 2.45) is 0 Å². The van der Waals surface area contributed by atoms with Crippen LogP contribution in [-0.2, 0) is 5.54 Å². The number of hydrogen-bond acceptors (Lipinski definition) is 3. The summed E-state index contributed by atoms with van der Waals surface area (Å²) in [6.07, 6.45) is 3.45. The van der Waals surface area contributed by atoms with Crippen molar-refractivity contribution in [1.29, 1.82) is 0 Å². The third kappa shape index (κ3) is 3.29. The summed E-state index contributed by atoms with van der Waals surface area (Å²) in [5.41, 5.74) is 1.26. The number of hydrogen-bond donors (Lipinski definition) is 1. The molecule has 0 saturated heterocycles. The SMILES string of the molecule is CCCC(CC)(NC(C)C)c1nc(C)c(C)s1. The van der Waals surface area contributed by atoms with E-state index in [1.165, 1.54) is 22.0 Å². The summed E-state index contributed by atoms with van der Waals surface area (Å²) < 4.78 is 0. The molecule has 1 aromatic heterocycles. The molecule has 0 spiro atoms. The molecule has 0 aliphatic carbocycles. The highest BCUT2D eigenvalue weighted by atomic mass is 32.1. The van der Waals surface area contributed by atoms with E-state index >= 15 is 0 Å². The van der Waals surface area contributed by atoms with Gasteiger partial charge in [0.15, 0.2) is 0 Å². The number of thiazole rings is 1. The molecule has 1 atom stereocenters. The largest absolute Gasteiger partial charge is 0.303 e. The van der Waals surface area contributed by atoms with Gasteiger partial charge in [-0.1, -0.05) is 20.3 Å². The average Bonchev–Trinajstić information content (AvgIpc) is 2.58. The first-order chi connectivity index (χ1) is 7.95. The lowest BCUT2D eigenvalue weighted by Gasteiger charge is -2.34. The summed E-state index contributed by atoms with van der Waals surface area (Å²) in [4.78, 5) is 6.13. The lowest BCUT2D eigenvalue weighted by molar-refractivity contribution is 0.269. The van der Waals surface area contributed by atoms with Crippen LogP contribution in [-0.4, -0.2) is 11.0 Å². The second-order valence-corrected chi connectivity index (χ2v) is 6.35. The predicted molar refractivity (Wildman–Crippen MR) is 76.7 cm³/mol. The van der Waals surface area contributed by atoms with Gasteiger partial charge < -0.3 is 5.32 Å². The molecule has 1 aromatic rings. The summed E-state index contributed by atoms with van der Waals surface area (Å²) in [6, 6.07) is 0.492. The van der Waals surface area contributed by atoms with Crippen LogP contribution < -0.4 is 5.32 Å². The van der Waals surface area contributed by atoms with Crippen LogP contribution in [0.25, 0.3) is 0 Å². The number of rotatable bonds is 6. The zero-order chi connectivity index (χ0) is 13.1. The number of nitrogens with one attached hydrogen (secondary N) is 1. The summed E-state index contributed by atoms with van der Waals surface area (Å²) in [6.45, 7) is 13.2. The van der Waals surface area contributed by atoms with E-state index in [-0.39, 0.29) is 5.54 Å². The fourth-order valence-electron chi connectivity index (χ4n) is 2.33. The Morgan fingerprint density at radius 2 is 1.94 bits per heavy atom. The number of nitrogens with zero attached hydrogens (tertiary/aromatic N) is 1. The first kappa shape index (κ1) is 14.7. The molecule has 2 nitrogen and oxygen atoms in total. The van der Waals surface area contributed by atoms with Crippen molar-refractivity contribution >= 4 is 11.3 Å². The zero-order valence-electron chi connectivity index (χ0n) is 12.1. The van der Waals surface area contributed by atoms with Crippen LogP contribution in [0.15, 0.2) is 0 Å². The predicted octanol–water partition coefficient (Wildman–Crippen LogP) is 4.16. The van der Waals surface area contributed by atoms with Gasteiger partial charge in [-0.15, -0.1) is 11.3 Å². The minimum atomic E-state index is 0.0760. The Hall–Kier alpha value is -0.410. The molecule has 0 saturated carbocycles. The lowest BCUT2D eigenvalue weighted by Crippen LogP contribution is -2.45. The highest BCUT2D eigenvalue weighted by molar-refractivity contribution is 7.11. The third-order valence-corrected chi connectivity index (χ3v) is 4.56. The first-order valence-electron chi connectivity index (χ1n) is 6.67. The highest BCUT2D eigenvalue weighted by Gasteiger charge is 2.33. The Bertz CT molecular complexity index is 338. The normalized spacial score (nSPS) is 15.2. The van der Waals surface area contributed by atoms with Gasteiger partial charge in [0.25, 0.3) is 0 Å². The zero-order valence-corrected chi connectivity index (χ0v) is 12.9. The molecule has 0 fully saturated rings. The number of aryl methyl sites for hydroxylation is 2. The highest BCUT2D eigenvalue weighted by Crippen LogP contribution is 2.34. The Kier molecular flexibility index (Phi) is 5.14. The minimum absolute atomic E-state index is 0.0760. The van der Waals surface area contributed by atoms with Gasteiger partial charge in [0, 0.05) is 10.9 Å². The maximum Gasteiger partial charge on any atom is 0.113 e. The number of aromatic nitrogens is 1. The monoisotopic (exact) mass is 254 g/mol. The molecule has 3 heteroatoms. The molecule has 0 aliphatic rings. The van der Waals surface area contributed by atoms with Crippen molar-refractivity contribution < 1.29 is 0 Å². The van der Waals surface area contributed by atoms with E-state index < -0.39 is 0 Å². The van der Waals surface area contributed by atoms with Crippen LogP contribution in [0.2, 0.25) is 0 Å². The first-order valence-corrected chi connectivity index (χ1v) is 7.49. The minimum Gasteiger partial charge on any atom is -0.303 e. The molecule has 98 valence electrons. The van der Waals surface area contributed by atoms with Crippen LogP contribution in [0.3, 0.4) is 0 Å². The quantitative estimate of drug-likeness (QED) is 0.824. The van der Waals surface area contributed by atoms with E-state index in [4.69, 9.17) is 4.98 Å². The summed E-state index contributed by atoms with van der Waals surface area (Å²) in [7, 11) is 0. The molecule has 0 amide bonds.